The summed E-state index contributed by atoms with van der Waals surface area (Å²) in [4.78, 5) is 0. The average Bonchev–Trinajstić information content (AvgIpc) is 2.73. The number of aliphatic hydroxyl groups excluding tert-OH is 2. The second-order valence-electron chi connectivity index (χ2n) is 6.74. The zero-order valence-electron chi connectivity index (χ0n) is 16.6. The first-order valence-electron chi connectivity index (χ1n) is 9.59. The zero-order chi connectivity index (χ0) is 19.8. The van der Waals surface area contributed by atoms with Gasteiger partial charge in [-0.25, -0.2) is 0 Å². The van der Waals surface area contributed by atoms with E-state index in [4.69, 9.17) is 14.2 Å². The van der Waals surface area contributed by atoms with Crippen LogP contribution < -0.4 is 0 Å². The van der Waals surface area contributed by atoms with Gasteiger partial charge in [0.15, 0.2) is 0 Å². The topological polar surface area (TPSA) is 68.2 Å². The fourth-order valence-electron chi connectivity index (χ4n) is 3.18. The van der Waals surface area contributed by atoms with E-state index in [0.29, 0.717) is 13.2 Å². The summed E-state index contributed by atoms with van der Waals surface area (Å²) in [5.74, 6) is 0.779. The average molecular weight is 632 g/mol. The molecule has 0 spiro atoms. The summed E-state index contributed by atoms with van der Waals surface area (Å²) in [6.45, 7) is 3.06. The van der Waals surface area contributed by atoms with E-state index in [1.54, 1.807) is 0 Å². The third-order valence-electron chi connectivity index (χ3n) is 4.65. The molecular formula is C22H28AcO5S. The number of thioether (sulfide) groups is 1. The first-order chi connectivity index (χ1) is 13.7. The molecule has 5 atom stereocenters. The van der Waals surface area contributed by atoms with Gasteiger partial charge < -0.3 is 24.4 Å². The Labute approximate surface area is 212 Å². The van der Waals surface area contributed by atoms with Crippen molar-refractivity contribution >= 4 is 11.8 Å². The molecule has 1 aliphatic rings. The van der Waals surface area contributed by atoms with E-state index in [9.17, 15) is 10.2 Å². The molecule has 3 rings (SSSR count). The molecule has 1 fully saturated rings. The van der Waals surface area contributed by atoms with Gasteiger partial charge in [0.1, 0.15) is 29.9 Å². The van der Waals surface area contributed by atoms with Crippen molar-refractivity contribution < 1.29 is 68.5 Å². The molecule has 0 aliphatic carbocycles. The molecule has 2 unspecified atom stereocenters. The molecule has 1 saturated heterocycles. The van der Waals surface area contributed by atoms with Crippen LogP contribution in [-0.2, 0) is 27.4 Å². The van der Waals surface area contributed by atoms with Gasteiger partial charge in [-0.1, -0.05) is 67.6 Å². The monoisotopic (exact) mass is 631 g/mol. The van der Waals surface area contributed by atoms with Crippen molar-refractivity contribution in [2.24, 2.45) is 0 Å². The summed E-state index contributed by atoms with van der Waals surface area (Å²) in [5, 5.41) is 21.1. The summed E-state index contributed by atoms with van der Waals surface area (Å²) in [7, 11) is 0. The maximum Gasteiger partial charge on any atom is 0.132 e. The van der Waals surface area contributed by atoms with Crippen molar-refractivity contribution in [3.8, 4) is 0 Å². The molecule has 2 N–H and O–H groups in total. The van der Waals surface area contributed by atoms with Crippen LogP contribution in [0.3, 0.4) is 0 Å². The smallest absolute Gasteiger partial charge is 0.132 e. The van der Waals surface area contributed by atoms with Crippen LogP contribution in [0.4, 0.5) is 0 Å². The first-order valence-corrected chi connectivity index (χ1v) is 10.6. The summed E-state index contributed by atoms with van der Waals surface area (Å²) >= 11 is 1.47. The van der Waals surface area contributed by atoms with Crippen molar-refractivity contribution in [1.82, 2.24) is 0 Å². The molecule has 2 aromatic carbocycles. The Bertz CT molecular complexity index is 690. The van der Waals surface area contributed by atoms with E-state index in [2.05, 4.69) is 0 Å². The van der Waals surface area contributed by atoms with Crippen LogP contribution in [0.25, 0.3) is 0 Å². The first kappa shape index (κ1) is 25.3. The second-order valence-corrected chi connectivity index (χ2v) is 8.12. The van der Waals surface area contributed by atoms with Crippen molar-refractivity contribution in [1.29, 1.82) is 0 Å². The number of hydrogen-bond acceptors (Lipinski definition) is 6. The Kier molecular flexibility index (Phi) is 11.7. The molecule has 1 heterocycles. The molecule has 7 heteroatoms. The Morgan fingerprint density at radius 3 is 2.07 bits per heavy atom. The number of ether oxygens (including phenoxy) is 3. The predicted octanol–water partition coefficient (Wildman–Crippen LogP) is 2.99. The number of benzene rings is 2. The van der Waals surface area contributed by atoms with Crippen molar-refractivity contribution in [3.63, 3.8) is 0 Å². The molecule has 1 radical (unpaired) electrons. The van der Waals surface area contributed by atoms with E-state index >= 15 is 0 Å². The molecular weight excluding hydrogens is 603 g/mol. The van der Waals surface area contributed by atoms with Crippen molar-refractivity contribution in [2.45, 2.75) is 50.0 Å². The van der Waals surface area contributed by atoms with Crippen molar-refractivity contribution in [3.05, 3.63) is 71.8 Å². The standard InChI is InChI=1S/C22H28O5S.Ac/c1-2-28-22-20(24)19(23)21(26-14-17-11-7-4-8-12-17)18(27-22)15-25-13-16-9-5-3-6-10-16;/h3-12,18-24H,2,13-15H2,1H3;/t18?,19-,20?,21-,22+;/m1./s1. The molecule has 0 aromatic heterocycles. The normalized spacial score (nSPS) is 26.7. The quantitative estimate of drug-likeness (QED) is 0.444. The maximum absolute atomic E-state index is 10.7. The van der Waals surface area contributed by atoms with E-state index in [1.165, 1.54) is 11.8 Å². The Balaban J connectivity index is 0.00000300. The molecule has 5 nitrogen and oxygen atoms in total. The maximum atomic E-state index is 10.7. The van der Waals surface area contributed by atoms with Gasteiger partial charge in [-0.15, -0.1) is 11.8 Å². The largest absolute Gasteiger partial charge is 0.387 e. The van der Waals surface area contributed by atoms with Crippen LogP contribution in [0.15, 0.2) is 60.7 Å². The second kappa shape index (κ2) is 13.4. The summed E-state index contributed by atoms with van der Waals surface area (Å²) in [6.07, 6.45) is -3.17. The van der Waals surface area contributed by atoms with Crippen LogP contribution in [0.2, 0.25) is 0 Å². The third kappa shape index (κ3) is 7.59. The van der Waals surface area contributed by atoms with E-state index in [1.807, 2.05) is 67.6 Å². The van der Waals surface area contributed by atoms with Gasteiger partial charge in [-0.3, -0.25) is 0 Å². The minimum atomic E-state index is -1.04. The third-order valence-corrected chi connectivity index (χ3v) is 5.70. The minimum absolute atomic E-state index is 0. The van der Waals surface area contributed by atoms with Gasteiger partial charge in [-0.2, -0.15) is 0 Å². The van der Waals surface area contributed by atoms with Crippen LogP contribution in [0.1, 0.15) is 18.1 Å². The number of aliphatic hydroxyl groups is 2. The van der Waals surface area contributed by atoms with E-state index < -0.39 is 29.9 Å². The molecule has 0 bridgehead atoms. The Hall–Kier alpha value is 0.0316. The van der Waals surface area contributed by atoms with Gasteiger partial charge in [0, 0.05) is 44.1 Å². The zero-order valence-corrected chi connectivity index (χ0v) is 22.2. The molecule has 0 amide bonds. The summed E-state index contributed by atoms with van der Waals surface area (Å²) < 4.78 is 17.9. The SMILES string of the molecule is CCS[C@@H]1OC(COCc2ccccc2)[C@@H](OCc2ccccc2)[C@H](O)C1O.[Ac]. The molecule has 0 saturated carbocycles. The number of hydrogen-bond donors (Lipinski definition) is 2. The predicted molar refractivity (Wildman–Crippen MR) is 110 cm³/mol. The van der Waals surface area contributed by atoms with E-state index in [-0.39, 0.29) is 50.7 Å². The van der Waals surface area contributed by atoms with E-state index in [0.717, 1.165) is 16.9 Å². The molecule has 29 heavy (non-hydrogen) atoms. The molecule has 2 aromatic rings. The summed E-state index contributed by atoms with van der Waals surface area (Å²) in [6, 6.07) is 19.6. The van der Waals surface area contributed by atoms with Gasteiger partial charge in [0.2, 0.25) is 0 Å². The van der Waals surface area contributed by atoms with Crippen LogP contribution in [0.5, 0.6) is 0 Å². The van der Waals surface area contributed by atoms with Gasteiger partial charge in [-0.05, 0) is 16.9 Å². The minimum Gasteiger partial charge on any atom is -0.387 e. The molecule has 1 aliphatic heterocycles. The molecule has 155 valence electrons. The summed E-state index contributed by atoms with van der Waals surface area (Å²) in [5.41, 5.74) is 1.57. The Morgan fingerprint density at radius 2 is 1.48 bits per heavy atom. The fraction of sp³-hybridized carbons (Fsp3) is 0.455. The van der Waals surface area contributed by atoms with Crippen LogP contribution >= 0.6 is 11.8 Å². The van der Waals surface area contributed by atoms with Gasteiger partial charge in [0.05, 0.1) is 19.8 Å². The fourth-order valence-corrected chi connectivity index (χ4v) is 4.09. The number of rotatable bonds is 9. The van der Waals surface area contributed by atoms with Crippen LogP contribution in [0, 0.1) is 44.1 Å². The van der Waals surface area contributed by atoms with Crippen LogP contribution in [-0.4, -0.2) is 52.4 Å². The van der Waals surface area contributed by atoms with Gasteiger partial charge in [0.25, 0.3) is 0 Å². The van der Waals surface area contributed by atoms with Gasteiger partial charge >= 0.3 is 0 Å². The Morgan fingerprint density at radius 1 is 0.897 bits per heavy atom. The van der Waals surface area contributed by atoms with Crippen molar-refractivity contribution in [2.75, 3.05) is 12.4 Å².